The van der Waals surface area contributed by atoms with E-state index >= 15 is 0 Å². The van der Waals surface area contributed by atoms with Crippen molar-refractivity contribution >= 4 is 69.8 Å². The first-order valence-electron chi connectivity index (χ1n) is 16.6. The van der Waals surface area contributed by atoms with Gasteiger partial charge in [0.05, 0.1) is 6.26 Å². The van der Waals surface area contributed by atoms with E-state index in [-0.39, 0.29) is 47.9 Å². The van der Waals surface area contributed by atoms with E-state index in [0.717, 1.165) is 74.5 Å². The summed E-state index contributed by atoms with van der Waals surface area (Å²) in [4.78, 5) is 22.5. The molecule has 0 saturated carbocycles. The number of carbonyl (C=O) groups is 1. The van der Waals surface area contributed by atoms with E-state index in [1.165, 1.54) is 21.0 Å². The summed E-state index contributed by atoms with van der Waals surface area (Å²) < 4.78 is 8.30. The zero-order valence-electron chi connectivity index (χ0n) is 29.8. The zero-order chi connectivity index (χ0) is 34.3. The molecule has 0 bridgehead atoms. The molecule has 5 nitrogen and oxygen atoms in total. The molecule has 6 aromatic rings. The summed E-state index contributed by atoms with van der Waals surface area (Å²) in [7, 11) is 0. The minimum Gasteiger partial charge on any atom is -0.512 e. The molecule has 0 aliphatic heterocycles. The van der Waals surface area contributed by atoms with Crippen LogP contribution in [0.2, 0.25) is 0 Å². The molecule has 8 heteroatoms. The molecule has 48 heavy (non-hydrogen) atoms. The number of fused-ring (bicyclic) bond motifs is 5. The number of aliphatic hydroxyl groups is 1. The fourth-order valence-corrected chi connectivity index (χ4v) is 7.98. The Kier molecular flexibility index (Phi) is 11.5. The van der Waals surface area contributed by atoms with Gasteiger partial charge < -0.3 is 9.52 Å². The van der Waals surface area contributed by atoms with Crippen molar-refractivity contribution < 1.29 is 34.4 Å². The van der Waals surface area contributed by atoms with Crippen LogP contribution in [0.15, 0.2) is 58.5 Å². The molecule has 1 radical (unpaired) electrons. The molecule has 0 spiro atoms. The van der Waals surface area contributed by atoms with Crippen molar-refractivity contribution in [3.8, 4) is 11.3 Å². The first-order valence-corrected chi connectivity index (χ1v) is 18.3. The standard InChI is InChI=1S/C25H19N2OS2.C15H28O2.Ir/c1-13-11-28-19-9-17-20(10-16(13)19)30-24-21(17)22(26-12-27-24)15-7-14-5-6-29-23(14)18(8-15)25(2,3)4;1-7-14(5,8-2)12(16)11-13(17)15(6,9-3)10-4;/h5-6,8-12H,1-4H3;11,16H,7-10H2,1-6H3;/q-1;;/b;12-11-;. The van der Waals surface area contributed by atoms with E-state index in [2.05, 4.69) is 68.4 Å². The van der Waals surface area contributed by atoms with Gasteiger partial charge in [0, 0.05) is 63.6 Å². The van der Waals surface area contributed by atoms with Gasteiger partial charge in [-0.05, 0) is 65.8 Å². The number of ketones is 1. The number of thiophene rings is 2. The Labute approximate surface area is 306 Å². The van der Waals surface area contributed by atoms with Crippen LogP contribution in [0.3, 0.4) is 0 Å². The smallest absolute Gasteiger partial charge is 0.164 e. The van der Waals surface area contributed by atoms with Gasteiger partial charge in [-0.15, -0.1) is 34.9 Å². The summed E-state index contributed by atoms with van der Waals surface area (Å²) in [6.45, 7) is 20.9. The first-order chi connectivity index (χ1) is 22.2. The maximum Gasteiger partial charge on any atom is 0.164 e. The average molecular weight is 860 g/mol. The summed E-state index contributed by atoms with van der Waals surface area (Å²) in [5.41, 5.74) is 4.78. The number of allylic oxidation sites excluding steroid dienone is 2. The predicted molar refractivity (Wildman–Crippen MR) is 201 cm³/mol. The van der Waals surface area contributed by atoms with E-state index in [4.69, 9.17) is 9.40 Å². The molecule has 0 unspecified atom stereocenters. The summed E-state index contributed by atoms with van der Waals surface area (Å²) in [5.74, 6) is 0.286. The normalized spacial score (nSPS) is 12.8. The largest absolute Gasteiger partial charge is 0.512 e. The zero-order valence-corrected chi connectivity index (χ0v) is 33.8. The number of nitrogens with zero attached hydrogens (tertiary/aromatic N) is 2. The van der Waals surface area contributed by atoms with Crippen LogP contribution in [0.1, 0.15) is 99.1 Å². The molecule has 6 rings (SSSR count). The van der Waals surface area contributed by atoms with Crippen molar-refractivity contribution in [2.24, 2.45) is 10.8 Å². The topological polar surface area (TPSA) is 76.2 Å². The number of carbonyl (C=O) groups excluding carboxylic acids is 1. The van der Waals surface area contributed by atoms with E-state index < -0.39 is 0 Å². The van der Waals surface area contributed by atoms with E-state index in [1.54, 1.807) is 29.0 Å². The van der Waals surface area contributed by atoms with Crippen LogP contribution in [0.4, 0.5) is 0 Å². The summed E-state index contributed by atoms with van der Waals surface area (Å²) in [6, 6.07) is 12.4. The Morgan fingerprint density at radius 2 is 1.62 bits per heavy atom. The fraction of sp³-hybridized carbons (Fsp3) is 0.425. The molecule has 0 aliphatic carbocycles. The summed E-state index contributed by atoms with van der Waals surface area (Å²) in [6.07, 6.45) is 8.25. The third-order valence-electron chi connectivity index (χ3n) is 10.3. The summed E-state index contributed by atoms with van der Waals surface area (Å²) >= 11 is 3.49. The van der Waals surface area contributed by atoms with Crippen molar-refractivity contribution in [2.75, 3.05) is 0 Å². The Morgan fingerprint density at radius 1 is 0.958 bits per heavy atom. The molecule has 0 atom stereocenters. The molecule has 4 aromatic heterocycles. The second-order valence-electron chi connectivity index (χ2n) is 14.2. The van der Waals surface area contributed by atoms with Gasteiger partial charge in [-0.2, -0.15) is 11.3 Å². The molecular formula is C40H47IrN2O3S2-. The quantitative estimate of drug-likeness (QED) is 0.0937. The van der Waals surface area contributed by atoms with Gasteiger partial charge >= 0.3 is 0 Å². The molecule has 2 aromatic carbocycles. The number of hydrogen-bond acceptors (Lipinski definition) is 7. The van der Waals surface area contributed by atoms with Crippen LogP contribution in [-0.2, 0) is 30.3 Å². The van der Waals surface area contributed by atoms with E-state index in [9.17, 15) is 9.90 Å². The maximum absolute atomic E-state index is 12.2. The predicted octanol–water partition coefficient (Wildman–Crippen LogP) is 12.5. The van der Waals surface area contributed by atoms with Crippen LogP contribution in [0, 0.1) is 23.8 Å². The monoisotopic (exact) mass is 860 g/mol. The molecule has 0 amide bonds. The minimum atomic E-state index is -0.337. The average Bonchev–Trinajstić information content (AvgIpc) is 3.78. The number of furan rings is 1. The van der Waals surface area contributed by atoms with Gasteiger partial charge in [-0.3, -0.25) is 9.78 Å². The van der Waals surface area contributed by atoms with Crippen LogP contribution >= 0.6 is 22.7 Å². The Balaban J connectivity index is 0.000000251. The van der Waals surface area contributed by atoms with Crippen molar-refractivity contribution in [3.05, 3.63) is 71.3 Å². The molecule has 0 saturated heterocycles. The minimum absolute atomic E-state index is 0. The third kappa shape index (κ3) is 7.05. The molecular weight excluding hydrogens is 813 g/mol. The van der Waals surface area contributed by atoms with Crippen molar-refractivity contribution in [2.45, 2.75) is 100 Å². The molecule has 0 fully saturated rings. The Hall–Kier alpha value is -2.90. The first kappa shape index (κ1) is 37.9. The van der Waals surface area contributed by atoms with Gasteiger partial charge in [-0.25, -0.2) is 4.98 Å². The van der Waals surface area contributed by atoms with Crippen LogP contribution < -0.4 is 0 Å². The number of benzene rings is 2. The molecule has 257 valence electrons. The van der Waals surface area contributed by atoms with Crippen LogP contribution in [0.5, 0.6) is 0 Å². The van der Waals surface area contributed by atoms with Gasteiger partial charge in [0.1, 0.15) is 22.5 Å². The van der Waals surface area contributed by atoms with Gasteiger partial charge in [-0.1, -0.05) is 73.4 Å². The number of hydrogen-bond donors (Lipinski definition) is 1. The number of aryl methyl sites for hydroxylation is 1. The molecule has 0 aliphatic rings. The maximum atomic E-state index is 12.2. The Bertz CT molecular complexity index is 2100. The molecule has 1 N–H and O–H groups in total. The second kappa shape index (κ2) is 14.5. The van der Waals surface area contributed by atoms with Crippen molar-refractivity contribution in [3.63, 3.8) is 0 Å². The summed E-state index contributed by atoms with van der Waals surface area (Å²) in [5, 5.41) is 16.8. The number of aromatic nitrogens is 2. The second-order valence-corrected chi connectivity index (χ2v) is 16.2. The van der Waals surface area contributed by atoms with Gasteiger partial charge in [0.2, 0.25) is 0 Å². The van der Waals surface area contributed by atoms with Crippen LogP contribution in [0.25, 0.3) is 52.6 Å². The van der Waals surface area contributed by atoms with Gasteiger partial charge in [0.15, 0.2) is 5.78 Å². The van der Waals surface area contributed by atoms with Crippen molar-refractivity contribution in [1.29, 1.82) is 0 Å². The van der Waals surface area contributed by atoms with Crippen molar-refractivity contribution in [1.82, 2.24) is 9.97 Å². The number of rotatable bonds is 8. The third-order valence-corrected chi connectivity index (χ3v) is 12.3. The number of aliphatic hydroxyl groups excluding tert-OH is 1. The van der Waals surface area contributed by atoms with Crippen LogP contribution in [-0.4, -0.2) is 20.9 Å². The SMILES string of the molecule is CCC(C)(CC)C(=O)/C=C(\O)C(C)(CC)CC.Cc1coc2cc3c(cc12)sc1ncnc(-c2[c-]c4ccsc4c(C(C)(C)C)c2)c13.[Ir]. The van der Waals surface area contributed by atoms with E-state index in [0.29, 0.717) is 0 Å². The van der Waals surface area contributed by atoms with Gasteiger partial charge in [0.25, 0.3) is 0 Å². The Morgan fingerprint density at radius 3 is 2.25 bits per heavy atom. The van der Waals surface area contributed by atoms with E-state index in [1.807, 2.05) is 47.8 Å². The fourth-order valence-electron chi connectivity index (χ4n) is 5.83. The molecule has 4 heterocycles.